The summed E-state index contributed by atoms with van der Waals surface area (Å²) < 4.78 is 17.3. The van der Waals surface area contributed by atoms with Crippen LogP contribution < -0.4 is 11.1 Å². The van der Waals surface area contributed by atoms with Crippen molar-refractivity contribution in [2.75, 3.05) is 13.2 Å². The molecule has 0 aliphatic rings. The lowest BCUT2D eigenvalue weighted by molar-refractivity contribution is 0.156. The van der Waals surface area contributed by atoms with Crippen LogP contribution in [0.4, 0.5) is 9.18 Å². The molecule has 0 aliphatic heterocycles. The van der Waals surface area contributed by atoms with Crippen LogP contribution in [0.3, 0.4) is 0 Å². The quantitative estimate of drug-likeness (QED) is 0.739. The Morgan fingerprint density at radius 1 is 1.47 bits per heavy atom. The number of nitrogens with one attached hydrogen (secondary N) is 1. The van der Waals surface area contributed by atoms with E-state index in [0.717, 1.165) is 12.0 Å². The normalized spacial score (nSPS) is 12.1. The number of benzene rings is 1. The molecule has 1 aromatic carbocycles. The van der Waals surface area contributed by atoms with Crippen molar-refractivity contribution < 1.29 is 13.9 Å². The average molecular weight is 240 g/mol. The molecule has 17 heavy (non-hydrogen) atoms. The number of carbonyl (C=O) groups is 1. The molecule has 0 aromatic heterocycles. The summed E-state index contributed by atoms with van der Waals surface area (Å²) in [5.41, 5.74) is 5.88. The molecule has 0 spiro atoms. The summed E-state index contributed by atoms with van der Waals surface area (Å²) in [6.45, 7) is 2.81. The molecule has 1 amide bonds. The Kier molecular flexibility index (Phi) is 5.42. The van der Waals surface area contributed by atoms with Gasteiger partial charge < -0.3 is 15.8 Å². The summed E-state index contributed by atoms with van der Waals surface area (Å²) in [6.07, 6.45) is 0.0228. The van der Waals surface area contributed by atoms with E-state index < -0.39 is 6.09 Å². The standard InChI is InChI=1S/C12H17FN2O2/c1-9(15-6-7-17-12(14)16)8-10-2-4-11(13)5-3-10/h2-5,9,15H,6-8H2,1H3,(H2,14,16). The van der Waals surface area contributed by atoms with Gasteiger partial charge in [0.15, 0.2) is 0 Å². The number of hydrogen-bond donors (Lipinski definition) is 2. The van der Waals surface area contributed by atoms with Gasteiger partial charge in [0.25, 0.3) is 0 Å². The van der Waals surface area contributed by atoms with Crippen molar-refractivity contribution in [3.8, 4) is 0 Å². The first kappa shape index (κ1) is 13.4. The van der Waals surface area contributed by atoms with Gasteiger partial charge in [-0.25, -0.2) is 9.18 Å². The van der Waals surface area contributed by atoms with Gasteiger partial charge in [0.1, 0.15) is 12.4 Å². The molecule has 0 aliphatic carbocycles. The van der Waals surface area contributed by atoms with Gasteiger partial charge in [0.2, 0.25) is 0 Å². The van der Waals surface area contributed by atoms with Gasteiger partial charge in [-0.3, -0.25) is 0 Å². The van der Waals surface area contributed by atoms with Crippen molar-refractivity contribution in [1.82, 2.24) is 5.32 Å². The minimum Gasteiger partial charge on any atom is -0.448 e. The van der Waals surface area contributed by atoms with Crippen LogP contribution in [0.15, 0.2) is 24.3 Å². The van der Waals surface area contributed by atoms with Gasteiger partial charge in [0, 0.05) is 12.6 Å². The van der Waals surface area contributed by atoms with E-state index in [1.54, 1.807) is 12.1 Å². The molecule has 1 atom stereocenters. The van der Waals surface area contributed by atoms with Gasteiger partial charge in [-0.05, 0) is 31.0 Å². The lowest BCUT2D eigenvalue weighted by Crippen LogP contribution is -2.32. The minimum absolute atomic E-state index is 0.219. The molecular formula is C12H17FN2O2. The van der Waals surface area contributed by atoms with E-state index in [4.69, 9.17) is 5.73 Å². The van der Waals surface area contributed by atoms with E-state index in [0.29, 0.717) is 6.54 Å². The van der Waals surface area contributed by atoms with Crippen LogP contribution >= 0.6 is 0 Å². The zero-order valence-corrected chi connectivity index (χ0v) is 9.78. The average Bonchev–Trinajstić information content (AvgIpc) is 2.27. The van der Waals surface area contributed by atoms with E-state index in [2.05, 4.69) is 10.1 Å². The molecular weight excluding hydrogens is 223 g/mol. The summed E-state index contributed by atoms with van der Waals surface area (Å²) in [7, 11) is 0. The second-order valence-electron chi connectivity index (χ2n) is 3.85. The largest absolute Gasteiger partial charge is 0.448 e. The highest BCUT2D eigenvalue weighted by atomic mass is 19.1. The van der Waals surface area contributed by atoms with E-state index in [1.807, 2.05) is 6.92 Å². The summed E-state index contributed by atoms with van der Waals surface area (Å²) >= 11 is 0. The van der Waals surface area contributed by atoms with Crippen molar-refractivity contribution >= 4 is 6.09 Å². The summed E-state index contributed by atoms with van der Waals surface area (Å²) in [4.78, 5) is 10.3. The fourth-order valence-electron chi connectivity index (χ4n) is 1.50. The van der Waals surface area contributed by atoms with Crippen LogP contribution in [0.25, 0.3) is 0 Å². The number of nitrogens with two attached hydrogens (primary N) is 1. The minimum atomic E-state index is -0.766. The third kappa shape index (κ3) is 5.87. The highest BCUT2D eigenvalue weighted by molar-refractivity contribution is 5.64. The summed E-state index contributed by atoms with van der Waals surface area (Å²) in [5, 5.41) is 3.17. The Morgan fingerprint density at radius 3 is 2.71 bits per heavy atom. The third-order valence-electron chi connectivity index (χ3n) is 2.29. The molecule has 1 aromatic rings. The predicted octanol–water partition coefficient (Wildman–Crippen LogP) is 1.44. The number of halogens is 1. The fourth-order valence-corrected chi connectivity index (χ4v) is 1.50. The Morgan fingerprint density at radius 2 is 2.12 bits per heavy atom. The van der Waals surface area contributed by atoms with E-state index in [9.17, 15) is 9.18 Å². The summed E-state index contributed by atoms with van der Waals surface area (Å²) in [6, 6.07) is 6.62. The maximum atomic E-state index is 12.7. The number of primary amides is 1. The molecule has 0 fully saturated rings. The highest BCUT2D eigenvalue weighted by Gasteiger charge is 2.03. The number of hydrogen-bond acceptors (Lipinski definition) is 3. The first-order valence-electron chi connectivity index (χ1n) is 5.48. The van der Waals surface area contributed by atoms with Crippen LogP contribution in [0.2, 0.25) is 0 Å². The molecule has 0 radical (unpaired) electrons. The highest BCUT2D eigenvalue weighted by Crippen LogP contribution is 2.05. The molecule has 0 bridgehead atoms. The SMILES string of the molecule is CC(Cc1ccc(F)cc1)NCCOC(N)=O. The Labute approximate surface area is 100.0 Å². The van der Waals surface area contributed by atoms with Crippen molar-refractivity contribution in [2.45, 2.75) is 19.4 Å². The molecule has 0 heterocycles. The van der Waals surface area contributed by atoms with Gasteiger partial charge in [-0.15, -0.1) is 0 Å². The second-order valence-corrected chi connectivity index (χ2v) is 3.85. The number of amides is 1. The van der Waals surface area contributed by atoms with Crippen LogP contribution in [-0.2, 0) is 11.2 Å². The monoisotopic (exact) mass is 240 g/mol. The van der Waals surface area contributed by atoms with Crippen molar-refractivity contribution in [2.24, 2.45) is 5.73 Å². The molecule has 94 valence electrons. The van der Waals surface area contributed by atoms with Crippen LogP contribution in [0, 0.1) is 5.82 Å². The molecule has 1 unspecified atom stereocenters. The topological polar surface area (TPSA) is 64.3 Å². The fraction of sp³-hybridized carbons (Fsp3) is 0.417. The number of carbonyl (C=O) groups excluding carboxylic acids is 1. The predicted molar refractivity (Wildman–Crippen MR) is 63.1 cm³/mol. The third-order valence-corrected chi connectivity index (χ3v) is 2.29. The van der Waals surface area contributed by atoms with Gasteiger partial charge >= 0.3 is 6.09 Å². The smallest absolute Gasteiger partial charge is 0.404 e. The molecule has 5 heteroatoms. The van der Waals surface area contributed by atoms with Crippen molar-refractivity contribution in [1.29, 1.82) is 0 Å². The maximum Gasteiger partial charge on any atom is 0.404 e. The number of rotatable bonds is 6. The van der Waals surface area contributed by atoms with Crippen LogP contribution in [0.5, 0.6) is 0 Å². The zero-order chi connectivity index (χ0) is 12.7. The lowest BCUT2D eigenvalue weighted by atomic mass is 10.1. The molecule has 1 rings (SSSR count). The molecule has 4 nitrogen and oxygen atoms in total. The van der Waals surface area contributed by atoms with Gasteiger partial charge in [-0.1, -0.05) is 12.1 Å². The second kappa shape index (κ2) is 6.85. The Hall–Kier alpha value is -1.62. The summed E-state index contributed by atoms with van der Waals surface area (Å²) in [5.74, 6) is -0.232. The first-order valence-corrected chi connectivity index (χ1v) is 5.48. The number of ether oxygens (including phenoxy) is 1. The van der Waals surface area contributed by atoms with Crippen molar-refractivity contribution in [3.05, 3.63) is 35.6 Å². The molecule has 3 N–H and O–H groups in total. The van der Waals surface area contributed by atoms with Crippen LogP contribution in [0.1, 0.15) is 12.5 Å². The molecule has 0 saturated carbocycles. The maximum absolute atomic E-state index is 12.7. The Balaban J connectivity index is 2.22. The van der Waals surface area contributed by atoms with Crippen molar-refractivity contribution in [3.63, 3.8) is 0 Å². The van der Waals surface area contributed by atoms with Gasteiger partial charge in [-0.2, -0.15) is 0 Å². The lowest BCUT2D eigenvalue weighted by Gasteiger charge is -2.13. The van der Waals surface area contributed by atoms with E-state index in [1.165, 1.54) is 12.1 Å². The zero-order valence-electron chi connectivity index (χ0n) is 9.78. The van der Waals surface area contributed by atoms with E-state index >= 15 is 0 Å². The van der Waals surface area contributed by atoms with Crippen LogP contribution in [-0.4, -0.2) is 25.3 Å². The Bertz CT molecular complexity index is 354. The molecule has 0 saturated heterocycles. The van der Waals surface area contributed by atoms with E-state index in [-0.39, 0.29) is 18.5 Å². The first-order chi connectivity index (χ1) is 8.08. The van der Waals surface area contributed by atoms with Gasteiger partial charge in [0.05, 0.1) is 0 Å².